The lowest BCUT2D eigenvalue weighted by Gasteiger charge is -2.19. The van der Waals surface area contributed by atoms with Crippen LogP contribution in [0, 0.1) is 11.3 Å². The minimum atomic E-state index is -5.36. The minimum Gasteiger partial charge on any atom is -0.491 e. The van der Waals surface area contributed by atoms with Gasteiger partial charge in [0.15, 0.2) is 0 Å². The van der Waals surface area contributed by atoms with E-state index < -0.39 is 36.5 Å². The molecule has 2 amide bonds. The van der Waals surface area contributed by atoms with Crippen molar-refractivity contribution in [1.82, 2.24) is 10.2 Å². The van der Waals surface area contributed by atoms with Gasteiger partial charge in [-0.05, 0) is 55.3 Å². The number of benzene rings is 2. The molecule has 1 heterocycles. The molecule has 0 aromatic heterocycles. The first-order valence-electron chi connectivity index (χ1n) is 11.2. The molecular formula is C25H22F3N3O6. The second kappa shape index (κ2) is 12.0. The fraction of sp³-hybridized carbons (Fsp3) is 0.320. The minimum absolute atomic E-state index is 0.120. The SMILES string of the molecule is N#Cc1cccc(OC[C@@H](CC(=O)OC(=O)C(F)(F)F)NC(=O)c2ccc(C(=O)N3CCCC3)cc2)c1. The third-order valence-electron chi connectivity index (χ3n) is 5.39. The van der Waals surface area contributed by atoms with Crippen molar-refractivity contribution in [2.45, 2.75) is 31.5 Å². The van der Waals surface area contributed by atoms with Crippen molar-refractivity contribution in [3.63, 3.8) is 0 Å². The Morgan fingerprint density at radius 3 is 2.30 bits per heavy atom. The van der Waals surface area contributed by atoms with Crippen LogP contribution < -0.4 is 10.1 Å². The number of amides is 2. The standard InChI is InChI=1S/C25H22F3N3O6/c26-25(27,28)24(35)37-21(32)13-19(15-36-20-5-3-4-16(12-20)14-29)30-22(33)17-6-8-18(9-7-17)23(34)31-10-1-2-11-31/h3-9,12,19H,1-2,10-11,13,15H2,(H,30,33)/t19-/m1/s1. The molecule has 0 spiro atoms. The van der Waals surface area contributed by atoms with Crippen molar-refractivity contribution in [3.8, 4) is 11.8 Å². The largest absolute Gasteiger partial charge is 0.491 e. The molecule has 1 saturated heterocycles. The number of hydrogen-bond donors (Lipinski definition) is 1. The zero-order valence-corrected chi connectivity index (χ0v) is 19.4. The number of rotatable bonds is 8. The van der Waals surface area contributed by atoms with Gasteiger partial charge < -0.3 is 19.7 Å². The van der Waals surface area contributed by atoms with Crippen LogP contribution >= 0.6 is 0 Å². The summed E-state index contributed by atoms with van der Waals surface area (Å²) >= 11 is 0. The highest BCUT2D eigenvalue weighted by Gasteiger charge is 2.42. The van der Waals surface area contributed by atoms with Crippen LogP contribution in [0.4, 0.5) is 13.2 Å². The molecule has 3 rings (SSSR count). The van der Waals surface area contributed by atoms with Gasteiger partial charge in [-0.25, -0.2) is 4.79 Å². The summed E-state index contributed by atoms with van der Waals surface area (Å²) in [6.45, 7) is 0.932. The molecule has 37 heavy (non-hydrogen) atoms. The summed E-state index contributed by atoms with van der Waals surface area (Å²) in [4.78, 5) is 49.9. The van der Waals surface area contributed by atoms with Crippen molar-refractivity contribution in [1.29, 1.82) is 5.26 Å². The molecule has 2 aromatic rings. The van der Waals surface area contributed by atoms with Crippen molar-refractivity contribution >= 4 is 23.8 Å². The quantitative estimate of drug-likeness (QED) is 0.422. The molecule has 12 heteroatoms. The number of nitriles is 1. The monoisotopic (exact) mass is 517 g/mol. The zero-order valence-electron chi connectivity index (χ0n) is 19.4. The van der Waals surface area contributed by atoms with Gasteiger partial charge in [0, 0.05) is 24.2 Å². The Morgan fingerprint density at radius 1 is 1.03 bits per heavy atom. The molecule has 1 aliphatic rings. The van der Waals surface area contributed by atoms with Crippen LogP contribution in [0.1, 0.15) is 45.5 Å². The Labute approximate surface area is 209 Å². The topological polar surface area (TPSA) is 126 Å². The van der Waals surface area contributed by atoms with Gasteiger partial charge >= 0.3 is 18.1 Å². The number of nitrogens with zero attached hydrogens (tertiary/aromatic N) is 2. The predicted molar refractivity (Wildman–Crippen MR) is 121 cm³/mol. The third kappa shape index (κ3) is 7.79. The van der Waals surface area contributed by atoms with Crippen molar-refractivity contribution < 1.29 is 41.8 Å². The highest BCUT2D eigenvalue weighted by atomic mass is 19.4. The van der Waals surface area contributed by atoms with Crippen molar-refractivity contribution in [2.75, 3.05) is 19.7 Å². The number of hydrogen-bond acceptors (Lipinski definition) is 7. The van der Waals surface area contributed by atoms with E-state index >= 15 is 0 Å². The fourth-order valence-corrected chi connectivity index (χ4v) is 3.54. The summed E-state index contributed by atoms with van der Waals surface area (Å²) < 4.78 is 46.6. The number of carbonyl (C=O) groups excluding carboxylic acids is 4. The Balaban J connectivity index is 1.68. The smallest absolute Gasteiger partial charge is 0.491 e. The first-order chi connectivity index (χ1) is 17.6. The lowest BCUT2D eigenvalue weighted by molar-refractivity contribution is -0.202. The number of nitrogens with one attached hydrogen (secondary N) is 1. The molecule has 0 aliphatic carbocycles. The second-order valence-corrected chi connectivity index (χ2v) is 8.16. The van der Waals surface area contributed by atoms with Crippen LogP contribution in [0.25, 0.3) is 0 Å². The average molecular weight is 517 g/mol. The summed E-state index contributed by atoms with van der Waals surface area (Å²) in [6, 6.07) is 12.4. The van der Waals surface area contributed by atoms with Gasteiger partial charge in [0.1, 0.15) is 12.4 Å². The van der Waals surface area contributed by atoms with E-state index in [0.717, 1.165) is 12.8 Å². The van der Waals surface area contributed by atoms with Crippen LogP contribution in [0.5, 0.6) is 5.75 Å². The summed E-state index contributed by atoms with van der Waals surface area (Å²) in [5, 5.41) is 11.5. The Hall–Kier alpha value is -4.40. The zero-order chi connectivity index (χ0) is 27.0. The number of alkyl halides is 3. The van der Waals surface area contributed by atoms with Crippen LogP contribution in [0.15, 0.2) is 48.5 Å². The van der Waals surface area contributed by atoms with Crippen LogP contribution in [0.2, 0.25) is 0 Å². The molecule has 0 saturated carbocycles. The van der Waals surface area contributed by atoms with E-state index in [1.54, 1.807) is 4.90 Å². The molecule has 0 bridgehead atoms. The summed E-state index contributed by atoms with van der Waals surface area (Å²) in [5.74, 6) is -4.85. The third-order valence-corrected chi connectivity index (χ3v) is 5.39. The average Bonchev–Trinajstić information content (AvgIpc) is 3.41. The molecule has 1 N–H and O–H groups in total. The summed E-state index contributed by atoms with van der Waals surface area (Å²) in [6.07, 6.45) is -4.32. The van der Waals surface area contributed by atoms with Gasteiger partial charge in [0.2, 0.25) is 0 Å². The predicted octanol–water partition coefficient (Wildman–Crippen LogP) is 2.99. The Bertz CT molecular complexity index is 1200. The van der Waals surface area contributed by atoms with Gasteiger partial charge in [0.05, 0.1) is 24.1 Å². The van der Waals surface area contributed by atoms with Gasteiger partial charge in [-0.15, -0.1) is 0 Å². The van der Waals surface area contributed by atoms with Crippen molar-refractivity contribution in [3.05, 3.63) is 65.2 Å². The normalized spacial score (nSPS) is 13.8. The van der Waals surface area contributed by atoms with Gasteiger partial charge in [-0.1, -0.05) is 6.07 Å². The van der Waals surface area contributed by atoms with E-state index in [9.17, 15) is 32.3 Å². The van der Waals surface area contributed by atoms with E-state index in [0.29, 0.717) is 18.7 Å². The first kappa shape index (κ1) is 27.2. The van der Waals surface area contributed by atoms with E-state index in [-0.39, 0.29) is 29.4 Å². The summed E-state index contributed by atoms with van der Waals surface area (Å²) in [5.41, 5.74) is 0.788. The maximum absolute atomic E-state index is 12.8. The lowest BCUT2D eigenvalue weighted by atomic mass is 10.1. The van der Waals surface area contributed by atoms with E-state index in [2.05, 4.69) is 10.1 Å². The maximum atomic E-state index is 12.8. The maximum Gasteiger partial charge on any atom is 0.491 e. The van der Waals surface area contributed by atoms with Gasteiger partial charge in [0.25, 0.3) is 11.8 Å². The molecule has 9 nitrogen and oxygen atoms in total. The number of halogens is 3. The number of carbonyl (C=O) groups is 4. The Kier molecular flexibility index (Phi) is 8.84. The molecule has 2 aromatic carbocycles. The van der Waals surface area contributed by atoms with Gasteiger partial charge in [-0.3, -0.25) is 14.4 Å². The van der Waals surface area contributed by atoms with E-state index in [1.807, 2.05) is 6.07 Å². The number of likely N-dealkylation sites (tertiary alicyclic amines) is 1. The molecule has 0 radical (unpaired) electrons. The molecule has 194 valence electrons. The molecule has 1 fully saturated rings. The highest BCUT2D eigenvalue weighted by Crippen LogP contribution is 2.18. The van der Waals surface area contributed by atoms with Crippen LogP contribution in [0.3, 0.4) is 0 Å². The Morgan fingerprint density at radius 2 is 1.68 bits per heavy atom. The van der Waals surface area contributed by atoms with E-state index in [1.165, 1.54) is 48.5 Å². The highest BCUT2D eigenvalue weighted by molar-refractivity contribution is 5.98. The second-order valence-electron chi connectivity index (χ2n) is 8.16. The number of ether oxygens (including phenoxy) is 2. The number of esters is 2. The summed E-state index contributed by atoms with van der Waals surface area (Å²) in [7, 11) is 0. The van der Waals surface area contributed by atoms with Crippen LogP contribution in [-0.4, -0.2) is 60.6 Å². The van der Waals surface area contributed by atoms with E-state index in [4.69, 9.17) is 10.00 Å². The first-order valence-corrected chi connectivity index (χ1v) is 11.2. The lowest BCUT2D eigenvalue weighted by Crippen LogP contribution is -2.41. The van der Waals surface area contributed by atoms with Gasteiger partial charge in [-0.2, -0.15) is 18.4 Å². The van der Waals surface area contributed by atoms with Crippen molar-refractivity contribution in [2.24, 2.45) is 0 Å². The fourth-order valence-electron chi connectivity index (χ4n) is 3.54. The molecule has 0 unspecified atom stereocenters. The molecule has 1 aliphatic heterocycles. The molecular weight excluding hydrogens is 495 g/mol. The molecule has 1 atom stereocenters. The van der Waals surface area contributed by atoms with Crippen LogP contribution in [-0.2, 0) is 14.3 Å².